The lowest BCUT2D eigenvalue weighted by atomic mass is 10.1. The molecule has 1 N–H and O–H groups in total. The number of amides is 1. The van der Waals surface area contributed by atoms with Crippen molar-refractivity contribution in [1.82, 2.24) is 4.90 Å². The molecule has 1 atom stereocenters. The standard InChI is InChI=1S/C20H34N2O3.ClH/c1-8-21(9-2)10-11-24-20(23)22(15(3)4)18(7)25-19-13-16(5)12-17(6)14-19;/h12-15,18H,8-11H2,1-7H3;1H. The number of quaternary nitrogens is 1. The van der Waals surface area contributed by atoms with Crippen LogP contribution in [0.3, 0.4) is 0 Å². The van der Waals surface area contributed by atoms with E-state index in [0.29, 0.717) is 6.61 Å². The van der Waals surface area contributed by atoms with Gasteiger partial charge in [-0.3, -0.25) is 4.90 Å². The SMILES string of the molecule is CC[NH+](CC)CCOC(=O)N(C(C)C)C(C)Oc1cc(C)cc(C)c1.[Cl-]. The Balaban J connectivity index is 0.00000625. The molecule has 1 aromatic carbocycles. The molecule has 5 nitrogen and oxygen atoms in total. The van der Waals surface area contributed by atoms with Crippen LogP contribution in [0, 0.1) is 13.8 Å². The second kappa shape index (κ2) is 12.0. The summed E-state index contributed by atoms with van der Waals surface area (Å²) in [5, 5.41) is 0. The number of ether oxygens (including phenoxy) is 2. The molecule has 1 unspecified atom stereocenters. The summed E-state index contributed by atoms with van der Waals surface area (Å²) in [6, 6.07) is 6.06. The fourth-order valence-electron chi connectivity index (χ4n) is 2.99. The molecule has 1 rings (SSSR count). The number of benzene rings is 1. The van der Waals surface area contributed by atoms with Gasteiger partial charge in [0.25, 0.3) is 0 Å². The second-order valence-corrected chi connectivity index (χ2v) is 6.86. The molecule has 0 aliphatic carbocycles. The topological polar surface area (TPSA) is 43.2 Å². The Labute approximate surface area is 165 Å². The molecule has 0 aliphatic heterocycles. The van der Waals surface area contributed by atoms with Crippen molar-refractivity contribution in [1.29, 1.82) is 0 Å². The maximum atomic E-state index is 12.5. The summed E-state index contributed by atoms with van der Waals surface area (Å²) in [7, 11) is 0. The number of hydrogen-bond acceptors (Lipinski definition) is 3. The summed E-state index contributed by atoms with van der Waals surface area (Å²) in [6.45, 7) is 17.5. The Bertz CT molecular complexity index is 528. The number of nitrogens with one attached hydrogen (secondary N) is 1. The molecular formula is C20H35ClN2O3. The van der Waals surface area contributed by atoms with E-state index in [2.05, 4.69) is 19.9 Å². The minimum atomic E-state index is -0.394. The van der Waals surface area contributed by atoms with Crippen molar-refractivity contribution in [2.45, 2.75) is 60.7 Å². The number of halogens is 1. The number of likely N-dealkylation sites (N-methyl/N-ethyl adjacent to an activating group) is 1. The first-order chi connectivity index (χ1) is 11.8. The maximum absolute atomic E-state index is 12.5. The zero-order valence-electron chi connectivity index (χ0n) is 17.3. The van der Waals surface area contributed by atoms with Crippen LogP contribution in [0.25, 0.3) is 0 Å². The van der Waals surface area contributed by atoms with Crippen molar-refractivity contribution in [3.8, 4) is 5.75 Å². The molecule has 0 saturated carbocycles. The zero-order chi connectivity index (χ0) is 19.0. The van der Waals surface area contributed by atoms with Crippen LogP contribution in [0.2, 0.25) is 0 Å². The van der Waals surface area contributed by atoms with Crippen LogP contribution in [0.4, 0.5) is 4.79 Å². The van der Waals surface area contributed by atoms with Gasteiger partial charge in [0.15, 0.2) is 6.23 Å². The first kappa shape index (κ1) is 24.5. The van der Waals surface area contributed by atoms with E-state index in [0.717, 1.165) is 36.5 Å². The van der Waals surface area contributed by atoms with E-state index in [4.69, 9.17) is 9.47 Å². The highest BCUT2D eigenvalue weighted by Crippen LogP contribution is 2.20. The van der Waals surface area contributed by atoms with E-state index in [1.807, 2.05) is 46.8 Å². The Morgan fingerprint density at radius 1 is 1.08 bits per heavy atom. The summed E-state index contributed by atoms with van der Waals surface area (Å²) in [5.41, 5.74) is 2.28. The highest BCUT2D eigenvalue weighted by molar-refractivity contribution is 5.68. The first-order valence-electron chi connectivity index (χ1n) is 9.32. The lowest BCUT2D eigenvalue weighted by Gasteiger charge is -2.32. The molecule has 0 heterocycles. The molecule has 6 heteroatoms. The summed E-state index contributed by atoms with van der Waals surface area (Å²) in [5.74, 6) is 0.774. The van der Waals surface area contributed by atoms with Crippen molar-refractivity contribution in [2.75, 3.05) is 26.2 Å². The fraction of sp³-hybridized carbons (Fsp3) is 0.650. The van der Waals surface area contributed by atoms with Crippen LogP contribution in [-0.2, 0) is 4.74 Å². The number of rotatable bonds is 9. The molecule has 0 bridgehead atoms. The van der Waals surface area contributed by atoms with Gasteiger partial charge in [0.1, 0.15) is 18.9 Å². The van der Waals surface area contributed by atoms with Gasteiger partial charge in [-0.1, -0.05) is 6.07 Å². The van der Waals surface area contributed by atoms with Crippen molar-refractivity contribution >= 4 is 6.09 Å². The predicted octanol–water partition coefficient (Wildman–Crippen LogP) is -0.196. The van der Waals surface area contributed by atoms with E-state index < -0.39 is 6.23 Å². The summed E-state index contributed by atoms with van der Waals surface area (Å²) < 4.78 is 11.5. The molecule has 0 aliphatic rings. The molecule has 0 radical (unpaired) electrons. The molecule has 0 fully saturated rings. The summed E-state index contributed by atoms with van der Waals surface area (Å²) >= 11 is 0. The minimum Gasteiger partial charge on any atom is -1.00 e. The number of nitrogens with zero attached hydrogens (tertiary/aromatic N) is 1. The molecule has 1 aromatic rings. The van der Waals surface area contributed by atoms with Crippen molar-refractivity contribution in [3.63, 3.8) is 0 Å². The van der Waals surface area contributed by atoms with E-state index >= 15 is 0 Å². The molecule has 0 spiro atoms. The van der Waals surface area contributed by atoms with Gasteiger partial charge in [-0.25, -0.2) is 4.79 Å². The smallest absolute Gasteiger partial charge is 0.413 e. The van der Waals surface area contributed by atoms with Gasteiger partial charge < -0.3 is 26.8 Å². The van der Waals surface area contributed by atoms with Crippen LogP contribution in [-0.4, -0.2) is 49.5 Å². The van der Waals surface area contributed by atoms with Crippen molar-refractivity contribution in [2.24, 2.45) is 0 Å². The van der Waals surface area contributed by atoms with Gasteiger partial charge in [0.2, 0.25) is 0 Å². The Kier molecular flexibility index (Phi) is 11.3. The maximum Gasteiger partial charge on any atom is 0.413 e. The number of hydrogen-bond donors (Lipinski definition) is 1. The van der Waals surface area contributed by atoms with Crippen LogP contribution in [0.5, 0.6) is 5.75 Å². The predicted molar refractivity (Wildman–Crippen MR) is 101 cm³/mol. The normalized spacial score (nSPS) is 11.9. The largest absolute Gasteiger partial charge is 1.00 e. The Morgan fingerprint density at radius 2 is 1.62 bits per heavy atom. The summed E-state index contributed by atoms with van der Waals surface area (Å²) in [6.07, 6.45) is -0.715. The molecule has 26 heavy (non-hydrogen) atoms. The van der Waals surface area contributed by atoms with Crippen LogP contribution in [0.15, 0.2) is 18.2 Å². The van der Waals surface area contributed by atoms with Gasteiger partial charge >= 0.3 is 6.09 Å². The second-order valence-electron chi connectivity index (χ2n) is 6.86. The average molecular weight is 387 g/mol. The van der Waals surface area contributed by atoms with E-state index in [1.165, 1.54) is 4.90 Å². The monoisotopic (exact) mass is 386 g/mol. The highest BCUT2D eigenvalue weighted by atomic mass is 35.5. The van der Waals surface area contributed by atoms with Gasteiger partial charge in [-0.15, -0.1) is 0 Å². The third kappa shape index (κ3) is 7.83. The van der Waals surface area contributed by atoms with Crippen LogP contribution in [0.1, 0.15) is 45.7 Å². The Hall–Kier alpha value is -1.46. The lowest BCUT2D eigenvalue weighted by Crippen LogP contribution is -3.11. The average Bonchev–Trinajstić information content (AvgIpc) is 2.50. The molecule has 150 valence electrons. The zero-order valence-corrected chi connectivity index (χ0v) is 18.0. The van der Waals surface area contributed by atoms with Gasteiger partial charge in [0.05, 0.1) is 13.1 Å². The van der Waals surface area contributed by atoms with E-state index in [9.17, 15) is 4.79 Å². The molecular weight excluding hydrogens is 352 g/mol. The quantitative estimate of drug-likeness (QED) is 0.598. The van der Waals surface area contributed by atoms with Crippen LogP contribution < -0.4 is 22.0 Å². The van der Waals surface area contributed by atoms with Gasteiger partial charge in [-0.05, 0) is 71.7 Å². The number of carbonyl (C=O) groups excluding carboxylic acids is 1. The van der Waals surface area contributed by atoms with Gasteiger partial charge in [-0.2, -0.15) is 0 Å². The van der Waals surface area contributed by atoms with Crippen molar-refractivity contribution < 1.29 is 31.6 Å². The third-order valence-corrected chi connectivity index (χ3v) is 4.34. The van der Waals surface area contributed by atoms with Crippen LogP contribution >= 0.6 is 0 Å². The molecule has 1 amide bonds. The lowest BCUT2D eigenvalue weighted by molar-refractivity contribution is -0.896. The Morgan fingerprint density at radius 3 is 2.08 bits per heavy atom. The van der Waals surface area contributed by atoms with Crippen molar-refractivity contribution in [3.05, 3.63) is 29.3 Å². The minimum absolute atomic E-state index is 0. The number of carbonyl (C=O) groups is 1. The first-order valence-corrected chi connectivity index (χ1v) is 9.32. The third-order valence-electron chi connectivity index (χ3n) is 4.34. The molecule has 0 aromatic heterocycles. The number of aryl methyl sites for hydroxylation is 2. The van der Waals surface area contributed by atoms with Gasteiger partial charge in [0, 0.05) is 6.04 Å². The van der Waals surface area contributed by atoms with E-state index in [-0.39, 0.29) is 24.5 Å². The fourth-order valence-corrected chi connectivity index (χ4v) is 2.99. The molecule has 0 saturated heterocycles. The summed E-state index contributed by atoms with van der Waals surface area (Å²) in [4.78, 5) is 15.6. The highest BCUT2D eigenvalue weighted by Gasteiger charge is 2.26. The van der Waals surface area contributed by atoms with E-state index in [1.54, 1.807) is 4.90 Å².